The van der Waals surface area contributed by atoms with Crippen molar-refractivity contribution in [3.8, 4) is 11.1 Å². The number of carbonyl (C=O) groups is 2. The SMILES string of the molecule is O=C(O)[C@H]1O[C@@]2(c3ccccc3)CN(C(=O)OCC3c4ccccc4-c4ccccc43)C[C@@H]1O2. The van der Waals surface area contributed by atoms with Crippen molar-refractivity contribution in [1.82, 2.24) is 4.90 Å². The molecule has 3 aromatic carbocycles. The fraction of sp³-hybridized carbons (Fsp3) is 0.259. The van der Waals surface area contributed by atoms with E-state index < -0.39 is 30.1 Å². The van der Waals surface area contributed by atoms with E-state index in [-0.39, 0.29) is 25.6 Å². The number of amides is 1. The van der Waals surface area contributed by atoms with Gasteiger partial charge in [0.05, 0.1) is 13.1 Å². The van der Waals surface area contributed by atoms with Crippen LogP contribution >= 0.6 is 0 Å². The molecule has 6 rings (SSSR count). The molecule has 0 aromatic heterocycles. The predicted molar refractivity (Wildman–Crippen MR) is 122 cm³/mol. The summed E-state index contributed by atoms with van der Waals surface area (Å²) in [6.07, 6.45) is -2.45. The number of hydrogen-bond donors (Lipinski definition) is 1. The number of carboxylic acids is 1. The Labute approximate surface area is 196 Å². The molecule has 7 heteroatoms. The molecule has 0 radical (unpaired) electrons. The maximum Gasteiger partial charge on any atom is 0.410 e. The van der Waals surface area contributed by atoms with E-state index in [0.29, 0.717) is 5.56 Å². The molecule has 0 unspecified atom stereocenters. The Morgan fingerprint density at radius 1 is 0.912 bits per heavy atom. The van der Waals surface area contributed by atoms with Gasteiger partial charge >= 0.3 is 12.1 Å². The smallest absolute Gasteiger partial charge is 0.410 e. The number of carbonyl (C=O) groups excluding carboxylic acids is 1. The van der Waals surface area contributed by atoms with Gasteiger partial charge in [0, 0.05) is 11.5 Å². The lowest BCUT2D eigenvalue weighted by Crippen LogP contribution is -2.52. The van der Waals surface area contributed by atoms with Crippen molar-refractivity contribution in [3.63, 3.8) is 0 Å². The second-order valence-corrected chi connectivity index (χ2v) is 8.84. The van der Waals surface area contributed by atoms with Crippen LogP contribution in [0.5, 0.6) is 0 Å². The quantitative estimate of drug-likeness (QED) is 0.638. The Kier molecular flexibility index (Phi) is 4.90. The molecule has 1 aliphatic carbocycles. The predicted octanol–water partition coefficient (Wildman–Crippen LogP) is 3.97. The first-order valence-corrected chi connectivity index (χ1v) is 11.3. The van der Waals surface area contributed by atoms with Crippen LogP contribution in [-0.2, 0) is 24.8 Å². The van der Waals surface area contributed by atoms with E-state index >= 15 is 0 Å². The molecule has 34 heavy (non-hydrogen) atoms. The molecule has 0 spiro atoms. The van der Waals surface area contributed by atoms with Crippen LogP contribution in [0.4, 0.5) is 4.79 Å². The number of ether oxygens (including phenoxy) is 3. The summed E-state index contributed by atoms with van der Waals surface area (Å²) in [4.78, 5) is 26.5. The van der Waals surface area contributed by atoms with Crippen LogP contribution in [0.2, 0.25) is 0 Å². The van der Waals surface area contributed by atoms with Gasteiger partial charge in [-0.1, -0.05) is 78.9 Å². The molecule has 172 valence electrons. The van der Waals surface area contributed by atoms with E-state index in [0.717, 1.165) is 22.3 Å². The van der Waals surface area contributed by atoms with Crippen LogP contribution in [0.25, 0.3) is 11.1 Å². The topological polar surface area (TPSA) is 85.3 Å². The van der Waals surface area contributed by atoms with Crippen molar-refractivity contribution < 1.29 is 28.9 Å². The Morgan fingerprint density at radius 2 is 1.53 bits per heavy atom. The number of rotatable bonds is 4. The summed E-state index contributed by atoms with van der Waals surface area (Å²) in [6, 6.07) is 25.4. The third-order valence-electron chi connectivity index (χ3n) is 6.85. The highest BCUT2D eigenvalue weighted by atomic mass is 16.8. The highest BCUT2D eigenvalue weighted by Gasteiger charge is 2.57. The number of carboxylic acid groups (broad SMARTS) is 1. The first-order chi connectivity index (χ1) is 16.6. The maximum atomic E-state index is 13.2. The third-order valence-corrected chi connectivity index (χ3v) is 6.85. The van der Waals surface area contributed by atoms with Crippen LogP contribution in [-0.4, -0.2) is 54.0 Å². The highest BCUT2D eigenvalue weighted by molar-refractivity contribution is 5.79. The fourth-order valence-corrected chi connectivity index (χ4v) is 5.31. The van der Waals surface area contributed by atoms with Crippen molar-refractivity contribution in [3.05, 3.63) is 95.6 Å². The monoisotopic (exact) mass is 457 g/mol. The van der Waals surface area contributed by atoms with E-state index in [9.17, 15) is 14.7 Å². The Bertz CT molecular complexity index is 1220. The van der Waals surface area contributed by atoms with Gasteiger partial charge < -0.3 is 19.3 Å². The summed E-state index contributed by atoms with van der Waals surface area (Å²) < 4.78 is 17.8. The minimum absolute atomic E-state index is 0.0496. The summed E-state index contributed by atoms with van der Waals surface area (Å²) in [5.41, 5.74) is 5.25. The maximum absolute atomic E-state index is 13.2. The van der Waals surface area contributed by atoms with Crippen molar-refractivity contribution >= 4 is 12.1 Å². The van der Waals surface area contributed by atoms with Crippen LogP contribution in [0.3, 0.4) is 0 Å². The van der Waals surface area contributed by atoms with Crippen LogP contribution in [0.15, 0.2) is 78.9 Å². The number of fused-ring (bicyclic) bond motifs is 5. The van der Waals surface area contributed by atoms with Gasteiger partial charge in [-0.2, -0.15) is 0 Å². The van der Waals surface area contributed by atoms with Crippen molar-refractivity contribution in [2.24, 2.45) is 0 Å². The van der Waals surface area contributed by atoms with Gasteiger partial charge in [-0.05, 0) is 22.3 Å². The molecule has 2 saturated heterocycles. The van der Waals surface area contributed by atoms with Gasteiger partial charge in [0.15, 0.2) is 6.10 Å². The van der Waals surface area contributed by atoms with Crippen molar-refractivity contribution in [2.75, 3.05) is 19.7 Å². The lowest BCUT2D eigenvalue weighted by Gasteiger charge is -2.38. The number of hydrogen-bond acceptors (Lipinski definition) is 5. The average molecular weight is 457 g/mol. The highest BCUT2D eigenvalue weighted by Crippen LogP contribution is 2.45. The molecule has 0 saturated carbocycles. The molecule has 1 amide bonds. The minimum atomic E-state index is -1.33. The normalized spacial score (nSPS) is 25.0. The summed E-state index contributed by atoms with van der Waals surface area (Å²) in [7, 11) is 0. The molecule has 2 bridgehead atoms. The van der Waals surface area contributed by atoms with Gasteiger partial charge in [0.25, 0.3) is 0 Å². The molecule has 2 heterocycles. The van der Waals surface area contributed by atoms with E-state index in [2.05, 4.69) is 24.3 Å². The average Bonchev–Trinajstić information content (AvgIpc) is 3.34. The van der Waals surface area contributed by atoms with Crippen molar-refractivity contribution in [1.29, 1.82) is 0 Å². The van der Waals surface area contributed by atoms with Gasteiger partial charge in [-0.15, -0.1) is 0 Å². The number of benzene rings is 3. The van der Waals surface area contributed by atoms with Crippen LogP contribution < -0.4 is 0 Å². The molecule has 7 nitrogen and oxygen atoms in total. The third kappa shape index (κ3) is 3.28. The Balaban J connectivity index is 1.23. The molecule has 2 fully saturated rings. The number of nitrogens with zero attached hydrogens (tertiary/aromatic N) is 1. The Morgan fingerprint density at radius 3 is 2.18 bits per heavy atom. The minimum Gasteiger partial charge on any atom is -0.479 e. The first kappa shape index (κ1) is 20.9. The summed E-state index contributed by atoms with van der Waals surface area (Å²) in [5, 5.41) is 9.64. The lowest BCUT2D eigenvalue weighted by atomic mass is 9.98. The van der Waals surface area contributed by atoms with Gasteiger partial charge in [0.1, 0.15) is 12.7 Å². The zero-order valence-electron chi connectivity index (χ0n) is 18.3. The lowest BCUT2D eigenvalue weighted by molar-refractivity contribution is -0.213. The van der Waals surface area contributed by atoms with Gasteiger partial charge in [-0.25, -0.2) is 9.59 Å². The number of morpholine rings is 1. The van der Waals surface area contributed by atoms with E-state index in [4.69, 9.17) is 14.2 Å². The zero-order chi connectivity index (χ0) is 23.3. The second-order valence-electron chi connectivity index (χ2n) is 8.84. The second kappa shape index (κ2) is 7.97. The summed E-state index contributed by atoms with van der Waals surface area (Å²) >= 11 is 0. The molecular formula is C27H23NO6. The van der Waals surface area contributed by atoms with Crippen LogP contribution in [0.1, 0.15) is 22.6 Å². The first-order valence-electron chi connectivity index (χ1n) is 11.3. The summed E-state index contributed by atoms with van der Waals surface area (Å²) in [5.74, 6) is -2.50. The molecule has 3 aromatic rings. The fourth-order valence-electron chi connectivity index (χ4n) is 5.31. The Hall–Kier alpha value is -3.68. The molecule has 3 atom stereocenters. The van der Waals surface area contributed by atoms with Crippen molar-refractivity contribution in [2.45, 2.75) is 23.9 Å². The van der Waals surface area contributed by atoms with Gasteiger partial charge in [-0.3, -0.25) is 4.90 Å². The molecule has 1 N–H and O–H groups in total. The van der Waals surface area contributed by atoms with E-state index in [1.807, 2.05) is 54.6 Å². The molecule has 3 aliphatic rings. The van der Waals surface area contributed by atoms with E-state index in [1.54, 1.807) is 0 Å². The largest absolute Gasteiger partial charge is 0.479 e. The number of aliphatic carboxylic acids is 1. The molecular weight excluding hydrogens is 434 g/mol. The zero-order valence-corrected chi connectivity index (χ0v) is 18.3. The standard InChI is InChI=1S/C27H23NO6/c29-25(30)24-23-14-28(16-27(33-23,34-24)17-8-2-1-3-9-17)26(31)32-15-22-20-12-6-4-10-18(20)19-11-5-7-13-21(19)22/h1-13,22-24H,14-16H2,(H,29,30)/t23-,24-,27+/m0/s1. The van der Waals surface area contributed by atoms with Crippen LogP contribution in [0, 0.1) is 0 Å². The van der Waals surface area contributed by atoms with Gasteiger partial charge in [0.2, 0.25) is 5.79 Å². The van der Waals surface area contributed by atoms with E-state index in [1.165, 1.54) is 4.90 Å². The molecule has 2 aliphatic heterocycles. The summed E-state index contributed by atoms with van der Waals surface area (Å²) in [6.45, 7) is 0.326.